The molecular weight excluding hydrogens is 428 g/mol. The summed E-state index contributed by atoms with van der Waals surface area (Å²) >= 11 is 0. The summed E-state index contributed by atoms with van der Waals surface area (Å²) in [5, 5.41) is 3.34. The number of rotatable bonds is 5. The fourth-order valence-electron chi connectivity index (χ4n) is 4.52. The Kier molecular flexibility index (Phi) is 6.51. The predicted molar refractivity (Wildman–Crippen MR) is 132 cm³/mol. The van der Waals surface area contributed by atoms with E-state index in [4.69, 9.17) is 4.98 Å². The highest BCUT2D eigenvalue weighted by molar-refractivity contribution is 5.79. The number of anilines is 4. The minimum Gasteiger partial charge on any atom is -0.341 e. The zero-order chi connectivity index (χ0) is 23.3. The van der Waals surface area contributed by atoms with Gasteiger partial charge >= 0.3 is 0 Å². The molecule has 2 aliphatic rings. The second kappa shape index (κ2) is 10.0. The molecule has 0 unspecified atom stereocenters. The molecule has 0 bridgehead atoms. The van der Waals surface area contributed by atoms with Crippen LogP contribution in [0.15, 0.2) is 55.0 Å². The molecule has 2 aromatic heterocycles. The molecule has 0 aliphatic carbocycles. The maximum absolute atomic E-state index is 13.1. The van der Waals surface area contributed by atoms with Crippen LogP contribution in [0.4, 0.5) is 23.4 Å². The molecule has 9 heteroatoms. The summed E-state index contributed by atoms with van der Waals surface area (Å²) in [7, 11) is 0. The molecule has 0 atom stereocenters. The predicted octanol–water partition coefficient (Wildman–Crippen LogP) is 2.88. The van der Waals surface area contributed by atoms with Gasteiger partial charge in [0.1, 0.15) is 5.82 Å². The number of hydrogen-bond acceptors (Lipinski definition) is 8. The van der Waals surface area contributed by atoms with Crippen molar-refractivity contribution in [2.75, 3.05) is 54.4 Å². The summed E-state index contributed by atoms with van der Waals surface area (Å²) in [5.41, 5.74) is 2.22. The van der Waals surface area contributed by atoms with E-state index in [0.717, 1.165) is 56.5 Å². The lowest BCUT2D eigenvalue weighted by Gasteiger charge is -2.38. The maximum atomic E-state index is 13.1. The number of amides is 1. The first-order chi connectivity index (χ1) is 16.7. The molecule has 5 rings (SSSR count). The quantitative estimate of drug-likeness (QED) is 0.624. The number of carbonyl (C=O) groups is 1. The number of nitrogens with zero attached hydrogens (tertiary/aromatic N) is 7. The van der Waals surface area contributed by atoms with Crippen molar-refractivity contribution in [1.82, 2.24) is 24.8 Å². The molecule has 0 saturated carbocycles. The first-order valence-corrected chi connectivity index (χ1v) is 11.9. The number of hydrogen-bond donors (Lipinski definition) is 1. The van der Waals surface area contributed by atoms with Gasteiger partial charge in [0.25, 0.3) is 0 Å². The van der Waals surface area contributed by atoms with Crippen LogP contribution in [0.1, 0.15) is 18.4 Å². The monoisotopic (exact) mass is 458 g/mol. The minimum absolute atomic E-state index is 0.0599. The Bertz CT molecular complexity index is 1090. The van der Waals surface area contributed by atoms with Crippen molar-refractivity contribution in [3.05, 3.63) is 60.6 Å². The van der Waals surface area contributed by atoms with Gasteiger partial charge in [-0.05, 0) is 44.0 Å². The number of benzene rings is 1. The van der Waals surface area contributed by atoms with Gasteiger partial charge in [-0.2, -0.15) is 4.98 Å². The van der Waals surface area contributed by atoms with Crippen LogP contribution in [-0.4, -0.2) is 70.0 Å². The molecule has 2 fully saturated rings. The van der Waals surface area contributed by atoms with Crippen LogP contribution in [0.2, 0.25) is 0 Å². The van der Waals surface area contributed by atoms with E-state index in [-0.39, 0.29) is 11.8 Å². The van der Waals surface area contributed by atoms with Crippen molar-refractivity contribution < 1.29 is 4.79 Å². The smallest absolute Gasteiger partial charge is 0.227 e. The second-order valence-corrected chi connectivity index (χ2v) is 8.86. The molecule has 0 radical (unpaired) electrons. The first-order valence-electron chi connectivity index (χ1n) is 11.9. The summed E-state index contributed by atoms with van der Waals surface area (Å²) in [6, 6.07) is 11.9. The molecule has 9 nitrogen and oxygen atoms in total. The van der Waals surface area contributed by atoms with Crippen LogP contribution in [0, 0.1) is 12.8 Å². The van der Waals surface area contributed by atoms with E-state index in [0.29, 0.717) is 19.0 Å². The summed E-state index contributed by atoms with van der Waals surface area (Å²) in [5.74, 6) is 2.54. The van der Waals surface area contributed by atoms with E-state index in [9.17, 15) is 4.79 Å². The summed E-state index contributed by atoms with van der Waals surface area (Å²) in [4.78, 5) is 37.3. The SMILES string of the molecule is Cc1ccc(Nc2ccnc(N3CCC(C(=O)N4CCN(c5ncccn5)CC4)CC3)n2)cc1. The highest BCUT2D eigenvalue weighted by Crippen LogP contribution is 2.25. The van der Waals surface area contributed by atoms with Crippen molar-refractivity contribution in [2.45, 2.75) is 19.8 Å². The third-order valence-electron chi connectivity index (χ3n) is 6.52. The van der Waals surface area contributed by atoms with Gasteiger partial charge in [0.15, 0.2) is 0 Å². The number of piperazine rings is 1. The van der Waals surface area contributed by atoms with Crippen LogP contribution >= 0.6 is 0 Å². The van der Waals surface area contributed by atoms with E-state index in [2.05, 4.69) is 49.1 Å². The number of carbonyl (C=O) groups excluding carboxylic acids is 1. The van der Waals surface area contributed by atoms with Gasteiger partial charge in [-0.3, -0.25) is 4.79 Å². The third-order valence-corrected chi connectivity index (χ3v) is 6.52. The summed E-state index contributed by atoms with van der Waals surface area (Å²) in [6.45, 7) is 6.59. The highest BCUT2D eigenvalue weighted by atomic mass is 16.2. The van der Waals surface area contributed by atoms with E-state index in [1.807, 2.05) is 29.2 Å². The van der Waals surface area contributed by atoms with E-state index in [1.54, 1.807) is 18.6 Å². The van der Waals surface area contributed by atoms with Crippen molar-refractivity contribution in [3.63, 3.8) is 0 Å². The van der Waals surface area contributed by atoms with Crippen LogP contribution in [0.25, 0.3) is 0 Å². The molecule has 4 heterocycles. The van der Waals surface area contributed by atoms with Crippen molar-refractivity contribution in [2.24, 2.45) is 5.92 Å². The van der Waals surface area contributed by atoms with Gasteiger partial charge in [-0.15, -0.1) is 0 Å². The molecule has 1 N–H and O–H groups in total. The molecule has 1 amide bonds. The third kappa shape index (κ3) is 5.08. The number of aryl methyl sites for hydroxylation is 1. The van der Waals surface area contributed by atoms with Crippen molar-refractivity contribution in [1.29, 1.82) is 0 Å². The molecule has 176 valence electrons. The van der Waals surface area contributed by atoms with Gasteiger partial charge in [0.2, 0.25) is 17.8 Å². The van der Waals surface area contributed by atoms with Gasteiger partial charge in [0, 0.05) is 69.5 Å². The summed E-state index contributed by atoms with van der Waals surface area (Å²) < 4.78 is 0. The average Bonchev–Trinajstić information content (AvgIpc) is 2.90. The Hall–Kier alpha value is -3.75. The molecule has 3 aromatic rings. The maximum Gasteiger partial charge on any atom is 0.227 e. The standard InChI is InChI=1S/C25H30N8O/c1-19-3-5-21(6-4-19)29-22-7-12-28-25(30-22)32-13-8-20(9-14-32)23(34)31-15-17-33(18-16-31)24-26-10-2-11-27-24/h2-7,10-12,20H,8-9,13-18H2,1H3,(H,28,29,30). The second-order valence-electron chi connectivity index (χ2n) is 8.86. The fraction of sp³-hybridized carbons (Fsp3) is 0.400. The molecule has 1 aromatic carbocycles. The van der Waals surface area contributed by atoms with Crippen molar-refractivity contribution >= 4 is 29.3 Å². The van der Waals surface area contributed by atoms with E-state index < -0.39 is 0 Å². The summed E-state index contributed by atoms with van der Waals surface area (Å²) in [6.07, 6.45) is 6.93. The molecule has 2 saturated heterocycles. The minimum atomic E-state index is 0.0599. The Labute approximate surface area is 199 Å². The lowest BCUT2D eigenvalue weighted by molar-refractivity contribution is -0.136. The van der Waals surface area contributed by atoms with Gasteiger partial charge in [0.05, 0.1) is 0 Å². The molecule has 34 heavy (non-hydrogen) atoms. The zero-order valence-electron chi connectivity index (χ0n) is 19.5. The lowest BCUT2D eigenvalue weighted by atomic mass is 9.95. The molecule has 2 aliphatic heterocycles. The normalized spacial score (nSPS) is 17.0. The van der Waals surface area contributed by atoms with Gasteiger partial charge in [-0.25, -0.2) is 15.0 Å². The Balaban J connectivity index is 1.13. The number of piperidine rings is 1. The van der Waals surface area contributed by atoms with Crippen LogP contribution in [0.5, 0.6) is 0 Å². The van der Waals surface area contributed by atoms with Gasteiger partial charge in [-0.1, -0.05) is 17.7 Å². The first kappa shape index (κ1) is 22.1. The Morgan fingerprint density at radius 2 is 1.47 bits per heavy atom. The number of nitrogens with one attached hydrogen (secondary N) is 1. The fourth-order valence-corrected chi connectivity index (χ4v) is 4.52. The largest absolute Gasteiger partial charge is 0.341 e. The topological polar surface area (TPSA) is 90.4 Å². The van der Waals surface area contributed by atoms with Crippen LogP contribution < -0.4 is 15.1 Å². The molecule has 0 spiro atoms. The average molecular weight is 459 g/mol. The molecular formula is C25H30N8O. The van der Waals surface area contributed by atoms with Crippen LogP contribution in [0.3, 0.4) is 0 Å². The van der Waals surface area contributed by atoms with E-state index in [1.165, 1.54) is 5.56 Å². The lowest BCUT2D eigenvalue weighted by Crippen LogP contribution is -2.52. The van der Waals surface area contributed by atoms with Crippen molar-refractivity contribution in [3.8, 4) is 0 Å². The van der Waals surface area contributed by atoms with Crippen LogP contribution in [-0.2, 0) is 4.79 Å². The zero-order valence-corrected chi connectivity index (χ0v) is 19.5. The number of aromatic nitrogens is 4. The van der Waals surface area contributed by atoms with E-state index >= 15 is 0 Å². The Morgan fingerprint density at radius 3 is 2.18 bits per heavy atom. The van der Waals surface area contributed by atoms with Gasteiger partial charge < -0.3 is 20.0 Å². The Morgan fingerprint density at radius 1 is 0.824 bits per heavy atom. The highest BCUT2D eigenvalue weighted by Gasteiger charge is 2.31.